The van der Waals surface area contributed by atoms with E-state index < -0.39 is 33.6 Å². The molecule has 1 unspecified atom stereocenters. The molecule has 0 aliphatic carbocycles. The molecular weight excluding hydrogens is 394 g/mol. The number of fused-ring (bicyclic) bond motifs is 1. The molecule has 1 atom stereocenters. The number of sulfonamides is 1. The van der Waals surface area contributed by atoms with E-state index >= 15 is 0 Å². The average Bonchev–Trinajstić information content (AvgIpc) is 2.92. The van der Waals surface area contributed by atoms with Crippen LogP contribution >= 0.6 is 11.3 Å². The Morgan fingerprint density at radius 2 is 1.77 bits per heavy atom. The first kappa shape index (κ1) is 18.5. The van der Waals surface area contributed by atoms with E-state index in [9.17, 15) is 26.0 Å². The summed E-state index contributed by atoms with van der Waals surface area (Å²) in [5.74, 6) is -0.731. The van der Waals surface area contributed by atoms with Crippen LogP contribution in [0.2, 0.25) is 0 Å². The first-order chi connectivity index (χ1) is 12.1. The molecule has 1 heterocycles. The third-order valence-electron chi connectivity index (χ3n) is 3.49. The molecule has 5 nitrogen and oxygen atoms in total. The number of halogens is 4. The molecule has 3 rings (SSSR count). The maximum atomic E-state index is 13.4. The molecular formula is C15H11F4N3O2S2. The maximum Gasteiger partial charge on any atom is 0.408 e. The summed E-state index contributed by atoms with van der Waals surface area (Å²) in [7, 11) is -4.51. The minimum Gasteiger partial charge on any atom is -0.375 e. The number of nitrogens with zero attached hydrogens (tertiary/aromatic N) is 1. The topological polar surface area (TPSA) is 85.1 Å². The minimum atomic E-state index is -4.91. The van der Waals surface area contributed by atoms with Crippen LogP contribution in [-0.4, -0.2) is 19.6 Å². The molecule has 0 amide bonds. The lowest BCUT2D eigenvalue weighted by atomic mass is 10.1. The number of nitrogens with two attached hydrogens (primary N) is 1. The number of aromatic nitrogens is 1. The van der Waals surface area contributed by atoms with Crippen LogP contribution in [0.5, 0.6) is 0 Å². The number of alkyl halides is 3. The van der Waals surface area contributed by atoms with Gasteiger partial charge in [0.1, 0.15) is 11.9 Å². The van der Waals surface area contributed by atoms with Gasteiger partial charge in [-0.05, 0) is 35.9 Å². The first-order valence-corrected chi connectivity index (χ1v) is 9.37. The summed E-state index contributed by atoms with van der Waals surface area (Å²) in [5, 5.41) is 0.210. The van der Waals surface area contributed by atoms with E-state index in [2.05, 4.69) is 4.98 Å². The molecule has 0 radical (unpaired) electrons. The summed E-state index contributed by atoms with van der Waals surface area (Å²) >= 11 is 1.02. The number of benzene rings is 2. The van der Waals surface area contributed by atoms with Crippen molar-refractivity contribution in [2.24, 2.45) is 0 Å². The Morgan fingerprint density at radius 1 is 1.12 bits per heavy atom. The normalized spacial score (nSPS) is 13.8. The molecule has 1 aromatic heterocycles. The molecule has 0 aliphatic rings. The van der Waals surface area contributed by atoms with Crippen molar-refractivity contribution in [1.82, 2.24) is 9.71 Å². The van der Waals surface area contributed by atoms with Gasteiger partial charge in [0, 0.05) is 0 Å². The van der Waals surface area contributed by atoms with Crippen LogP contribution < -0.4 is 10.5 Å². The number of rotatable bonds is 4. The van der Waals surface area contributed by atoms with Crippen LogP contribution in [0, 0.1) is 5.82 Å². The zero-order valence-electron chi connectivity index (χ0n) is 12.8. The highest BCUT2D eigenvalue weighted by atomic mass is 32.2. The van der Waals surface area contributed by atoms with Gasteiger partial charge >= 0.3 is 6.18 Å². The zero-order chi connectivity index (χ0) is 19.1. The average molecular weight is 405 g/mol. The molecule has 0 spiro atoms. The minimum absolute atomic E-state index is 0.210. The van der Waals surface area contributed by atoms with Crippen molar-refractivity contribution in [3.05, 3.63) is 53.8 Å². The molecule has 0 fully saturated rings. The molecule has 2 aromatic carbocycles. The Balaban J connectivity index is 1.99. The third kappa shape index (κ3) is 3.79. The molecule has 3 N–H and O–H groups in total. The summed E-state index contributed by atoms with van der Waals surface area (Å²) in [6, 6.07) is 4.59. The van der Waals surface area contributed by atoms with Gasteiger partial charge in [-0.3, -0.25) is 0 Å². The lowest BCUT2D eigenvalue weighted by Gasteiger charge is -2.22. The summed E-state index contributed by atoms with van der Waals surface area (Å²) in [5.41, 5.74) is 5.56. The summed E-state index contributed by atoms with van der Waals surface area (Å²) in [6.45, 7) is 0. The second kappa shape index (κ2) is 6.49. The van der Waals surface area contributed by atoms with E-state index in [0.29, 0.717) is 10.2 Å². The fourth-order valence-corrected chi connectivity index (χ4v) is 4.38. The molecule has 0 bridgehead atoms. The predicted octanol–water partition coefficient (Wildman–Crippen LogP) is 3.60. The highest BCUT2D eigenvalue weighted by Gasteiger charge is 2.43. The lowest BCUT2D eigenvalue weighted by Crippen LogP contribution is -2.38. The van der Waals surface area contributed by atoms with E-state index in [1.165, 1.54) is 12.1 Å². The highest BCUT2D eigenvalue weighted by molar-refractivity contribution is 7.89. The van der Waals surface area contributed by atoms with E-state index in [-0.39, 0.29) is 10.0 Å². The van der Waals surface area contributed by atoms with Crippen molar-refractivity contribution >= 4 is 36.7 Å². The number of nitrogens with one attached hydrogen (secondary N) is 1. The van der Waals surface area contributed by atoms with Crippen molar-refractivity contribution in [3.8, 4) is 0 Å². The van der Waals surface area contributed by atoms with Gasteiger partial charge in [-0.2, -0.15) is 17.9 Å². The Labute approximate surface area is 149 Å². The van der Waals surface area contributed by atoms with Crippen molar-refractivity contribution in [1.29, 1.82) is 0 Å². The molecule has 0 saturated heterocycles. The van der Waals surface area contributed by atoms with Crippen molar-refractivity contribution < 1.29 is 26.0 Å². The van der Waals surface area contributed by atoms with E-state index in [1.807, 2.05) is 0 Å². The molecule has 138 valence electrons. The fourth-order valence-electron chi connectivity index (χ4n) is 2.29. The van der Waals surface area contributed by atoms with Gasteiger partial charge in [0.15, 0.2) is 5.13 Å². The molecule has 26 heavy (non-hydrogen) atoms. The third-order valence-corrected chi connectivity index (χ3v) is 5.76. The highest BCUT2D eigenvalue weighted by Crippen LogP contribution is 2.34. The number of anilines is 1. The summed E-state index contributed by atoms with van der Waals surface area (Å²) in [6.07, 6.45) is -4.91. The van der Waals surface area contributed by atoms with E-state index in [0.717, 1.165) is 41.7 Å². The Kier molecular flexibility index (Phi) is 4.63. The van der Waals surface area contributed by atoms with Gasteiger partial charge in [-0.15, -0.1) is 0 Å². The zero-order valence-corrected chi connectivity index (χ0v) is 14.4. The van der Waals surface area contributed by atoms with Gasteiger partial charge in [0.05, 0.1) is 15.1 Å². The van der Waals surface area contributed by atoms with Gasteiger partial charge in [-0.1, -0.05) is 23.5 Å². The maximum absolute atomic E-state index is 13.4. The molecule has 11 heteroatoms. The smallest absolute Gasteiger partial charge is 0.375 e. The Hall–Kier alpha value is -2.24. The van der Waals surface area contributed by atoms with Crippen LogP contribution in [0.15, 0.2) is 47.4 Å². The van der Waals surface area contributed by atoms with Crippen molar-refractivity contribution in [2.75, 3.05) is 5.73 Å². The first-order valence-electron chi connectivity index (χ1n) is 7.07. The van der Waals surface area contributed by atoms with Crippen molar-refractivity contribution in [3.63, 3.8) is 0 Å². The van der Waals surface area contributed by atoms with Gasteiger partial charge in [0.25, 0.3) is 0 Å². The number of thiazole rings is 1. The molecule has 3 aromatic rings. The van der Waals surface area contributed by atoms with Crippen LogP contribution in [0.4, 0.5) is 22.7 Å². The van der Waals surface area contributed by atoms with E-state index in [1.54, 1.807) is 4.72 Å². The largest absolute Gasteiger partial charge is 0.408 e. The Bertz CT molecular complexity index is 1050. The lowest BCUT2D eigenvalue weighted by molar-refractivity contribution is -0.153. The van der Waals surface area contributed by atoms with Crippen molar-refractivity contribution in [2.45, 2.75) is 17.1 Å². The number of hydrogen-bond acceptors (Lipinski definition) is 5. The number of hydrogen-bond donors (Lipinski definition) is 2. The van der Waals surface area contributed by atoms with Gasteiger partial charge in [-0.25, -0.2) is 17.8 Å². The van der Waals surface area contributed by atoms with Gasteiger partial charge < -0.3 is 5.73 Å². The molecule has 0 aliphatic heterocycles. The summed E-state index contributed by atoms with van der Waals surface area (Å²) in [4.78, 5) is 3.60. The summed E-state index contributed by atoms with van der Waals surface area (Å²) < 4.78 is 80.0. The second-order valence-corrected chi connectivity index (χ2v) is 8.11. The van der Waals surface area contributed by atoms with Crippen LogP contribution in [0.1, 0.15) is 11.6 Å². The quantitative estimate of drug-likeness (QED) is 0.650. The fraction of sp³-hybridized carbons (Fsp3) is 0.133. The monoisotopic (exact) mass is 405 g/mol. The van der Waals surface area contributed by atoms with Gasteiger partial charge in [0.2, 0.25) is 10.0 Å². The SMILES string of the molecule is Nc1nc2ccc(S(=O)(=O)NC(c3ccc(F)cc3)C(F)(F)F)cc2s1. The second-order valence-electron chi connectivity index (χ2n) is 5.33. The van der Waals surface area contributed by atoms with Crippen LogP contribution in [0.25, 0.3) is 10.2 Å². The Morgan fingerprint density at radius 3 is 2.38 bits per heavy atom. The van der Waals surface area contributed by atoms with E-state index in [4.69, 9.17) is 5.73 Å². The predicted molar refractivity (Wildman–Crippen MR) is 89.5 cm³/mol. The standard InChI is InChI=1S/C15H11F4N3O2S2/c16-9-3-1-8(2-4-9)13(15(17,18)19)22-26(23,24)10-5-6-11-12(7-10)25-14(20)21-11/h1-7,13,22H,(H2,20,21). The van der Waals surface area contributed by atoms with Crippen LogP contribution in [0.3, 0.4) is 0 Å². The van der Waals surface area contributed by atoms with Crippen LogP contribution in [-0.2, 0) is 10.0 Å². The molecule has 0 saturated carbocycles. The number of nitrogen functional groups attached to an aromatic ring is 1.